The smallest absolute Gasteiger partial charge is 0.161 e. The lowest BCUT2D eigenvalue weighted by Crippen LogP contribution is -2.44. The highest BCUT2D eigenvalue weighted by atomic mass is 35.5. The molecule has 4 nitrogen and oxygen atoms in total. The van der Waals surface area contributed by atoms with Crippen molar-refractivity contribution in [3.05, 3.63) is 58.1 Å². The number of benzene rings is 2. The van der Waals surface area contributed by atoms with Crippen molar-refractivity contribution in [3.63, 3.8) is 0 Å². The number of fused-ring (bicyclic) bond motifs is 3. The minimum absolute atomic E-state index is 0.139. The van der Waals surface area contributed by atoms with Gasteiger partial charge in [0.25, 0.3) is 0 Å². The topological polar surface area (TPSA) is 30.9 Å². The third kappa shape index (κ3) is 2.86. The summed E-state index contributed by atoms with van der Waals surface area (Å²) in [6.07, 6.45) is 2.12. The van der Waals surface area contributed by atoms with Crippen LogP contribution in [0, 0.1) is 0 Å². The Morgan fingerprint density at radius 3 is 2.42 bits per heavy atom. The molecule has 2 aromatic rings. The van der Waals surface area contributed by atoms with Gasteiger partial charge in [0.05, 0.1) is 26.4 Å². The van der Waals surface area contributed by atoms with Crippen LogP contribution in [0.3, 0.4) is 0 Å². The summed E-state index contributed by atoms with van der Waals surface area (Å²) in [6.45, 7) is 1.06. The Bertz CT molecular complexity index is 810. The van der Waals surface area contributed by atoms with E-state index in [9.17, 15) is 0 Å². The number of ether oxygens (including phenoxy) is 3. The van der Waals surface area contributed by atoms with E-state index in [-0.39, 0.29) is 18.2 Å². The van der Waals surface area contributed by atoms with Crippen molar-refractivity contribution in [3.8, 4) is 11.5 Å². The molecule has 0 radical (unpaired) electrons. The van der Waals surface area contributed by atoms with E-state index in [1.54, 1.807) is 14.2 Å². The zero-order valence-corrected chi connectivity index (χ0v) is 16.1. The monoisotopic (exact) mass is 373 g/mol. The molecule has 1 fully saturated rings. The lowest BCUT2D eigenvalue weighted by molar-refractivity contribution is -0.0793. The number of hydrogen-bond donors (Lipinski definition) is 0. The second-order valence-corrected chi connectivity index (χ2v) is 7.39. The maximum atomic E-state index is 6.60. The first-order valence-corrected chi connectivity index (χ1v) is 9.37. The Kier molecular flexibility index (Phi) is 4.82. The highest BCUT2D eigenvalue weighted by Gasteiger charge is 2.41. The zero-order chi connectivity index (χ0) is 18.3. The molecule has 2 heterocycles. The molecule has 26 heavy (non-hydrogen) atoms. The third-order valence-electron chi connectivity index (χ3n) is 5.52. The van der Waals surface area contributed by atoms with Gasteiger partial charge in [-0.25, -0.2) is 0 Å². The minimum atomic E-state index is -0.203. The molecule has 2 aromatic carbocycles. The van der Waals surface area contributed by atoms with Crippen LogP contribution in [-0.2, 0) is 4.74 Å². The van der Waals surface area contributed by atoms with Crippen LogP contribution in [-0.4, -0.2) is 38.8 Å². The van der Waals surface area contributed by atoms with Gasteiger partial charge in [0, 0.05) is 10.6 Å². The largest absolute Gasteiger partial charge is 0.493 e. The van der Waals surface area contributed by atoms with Crippen LogP contribution in [0.1, 0.15) is 41.7 Å². The van der Waals surface area contributed by atoms with Crippen molar-refractivity contribution >= 4 is 11.6 Å². The van der Waals surface area contributed by atoms with Gasteiger partial charge in [-0.1, -0.05) is 29.8 Å². The lowest BCUT2D eigenvalue weighted by Gasteiger charge is -2.46. The quantitative estimate of drug-likeness (QED) is 0.786. The maximum absolute atomic E-state index is 6.60. The van der Waals surface area contributed by atoms with Gasteiger partial charge in [-0.2, -0.15) is 0 Å². The molecule has 0 amide bonds. The van der Waals surface area contributed by atoms with E-state index in [1.807, 2.05) is 30.3 Å². The Labute approximate surface area is 159 Å². The van der Waals surface area contributed by atoms with Gasteiger partial charge < -0.3 is 14.2 Å². The fraction of sp³-hybridized carbons (Fsp3) is 0.429. The highest BCUT2D eigenvalue weighted by Crippen LogP contribution is 2.49. The van der Waals surface area contributed by atoms with Crippen LogP contribution in [0.15, 0.2) is 36.4 Å². The first-order chi connectivity index (χ1) is 12.6. The van der Waals surface area contributed by atoms with E-state index in [2.05, 4.69) is 18.0 Å². The fourth-order valence-corrected chi connectivity index (χ4v) is 4.51. The van der Waals surface area contributed by atoms with Crippen molar-refractivity contribution in [1.29, 1.82) is 0 Å². The molecule has 0 N–H and O–H groups in total. The molecule has 2 aliphatic rings. The van der Waals surface area contributed by atoms with E-state index in [0.29, 0.717) is 5.75 Å². The molecule has 4 rings (SSSR count). The van der Waals surface area contributed by atoms with Gasteiger partial charge in [0.1, 0.15) is 6.10 Å². The molecule has 3 atom stereocenters. The summed E-state index contributed by atoms with van der Waals surface area (Å²) in [5, 5.41) is 0.723. The van der Waals surface area contributed by atoms with Gasteiger partial charge in [-0.05, 0) is 55.8 Å². The molecule has 0 aliphatic carbocycles. The number of methoxy groups -OCH3 is 2. The summed E-state index contributed by atoms with van der Waals surface area (Å²) in [7, 11) is 5.50. The molecule has 138 valence electrons. The van der Waals surface area contributed by atoms with E-state index >= 15 is 0 Å². The second-order valence-electron chi connectivity index (χ2n) is 6.98. The summed E-state index contributed by atoms with van der Waals surface area (Å²) >= 11 is 6.51. The molecule has 1 unspecified atom stereocenters. The Morgan fingerprint density at radius 1 is 1.04 bits per heavy atom. The molecule has 0 spiro atoms. The van der Waals surface area contributed by atoms with E-state index in [4.69, 9.17) is 25.8 Å². The number of piperidine rings is 1. The summed E-state index contributed by atoms with van der Waals surface area (Å²) in [4.78, 5) is 2.38. The maximum Gasteiger partial charge on any atom is 0.161 e. The number of likely N-dealkylation sites (N-methyl/N-ethyl adjacent to an activating group) is 1. The Hall–Kier alpha value is -1.75. The summed E-state index contributed by atoms with van der Waals surface area (Å²) < 4.78 is 17.7. The predicted molar refractivity (Wildman–Crippen MR) is 102 cm³/mol. The van der Waals surface area contributed by atoms with Crippen LogP contribution in [0.4, 0.5) is 0 Å². The first kappa shape index (κ1) is 17.7. The molecule has 2 aliphatic heterocycles. The summed E-state index contributed by atoms with van der Waals surface area (Å²) in [5.74, 6) is 1.47. The first-order valence-electron chi connectivity index (χ1n) is 9.00. The third-order valence-corrected chi connectivity index (χ3v) is 5.86. The molecular formula is C21H24ClNO3. The molecule has 1 saturated heterocycles. The average molecular weight is 374 g/mol. The number of hydrogen-bond acceptors (Lipinski definition) is 4. The van der Waals surface area contributed by atoms with Crippen molar-refractivity contribution in [1.82, 2.24) is 4.90 Å². The Morgan fingerprint density at radius 2 is 1.73 bits per heavy atom. The van der Waals surface area contributed by atoms with Crippen LogP contribution >= 0.6 is 11.6 Å². The average Bonchev–Trinajstić information content (AvgIpc) is 2.66. The van der Waals surface area contributed by atoms with Crippen LogP contribution in [0.2, 0.25) is 5.02 Å². The zero-order valence-electron chi connectivity index (χ0n) is 15.4. The predicted octanol–water partition coefficient (Wildman–Crippen LogP) is 4.61. The van der Waals surface area contributed by atoms with Gasteiger partial charge in [-0.15, -0.1) is 0 Å². The number of likely N-dealkylation sites (tertiary alicyclic amines) is 1. The van der Waals surface area contributed by atoms with Gasteiger partial charge in [0.2, 0.25) is 0 Å². The van der Waals surface area contributed by atoms with Crippen molar-refractivity contribution in [2.24, 2.45) is 0 Å². The molecule has 5 heteroatoms. The molecular weight excluding hydrogens is 350 g/mol. The lowest BCUT2D eigenvalue weighted by atomic mass is 9.83. The van der Waals surface area contributed by atoms with Gasteiger partial charge in [-0.3, -0.25) is 4.90 Å². The van der Waals surface area contributed by atoms with Crippen molar-refractivity contribution in [2.75, 3.05) is 27.8 Å². The van der Waals surface area contributed by atoms with Crippen molar-refractivity contribution in [2.45, 2.75) is 31.1 Å². The van der Waals surface area contributed by atoms with Crippen LogP contribution in [0.5, 0.6) is 11.5 Å². The Balaban J connectivity index is 1.91. The van der Waals surface area contributed by atoms with Crippen LogP contribution < -0.4 is 9.47 Å². The van der Waals surface area contributed by atoms with E-state index in [1.165, 1.54) is 5.56 Å². The number of rotatable bonds is 3. The molecule has 0 aromatic heterocycles. The molecule has 0 saturated carbocycles. The number of nitrogens with zero attached hydrogens (tertiary/aromatic N) is 1. The minimum Gasteiger partial charge on any atom is -0.493 e. The van der Waals surface area contributed by atoms with Gasteiger partial charge >= 0.3 is 0 Å². The summed E-state index contributed by atoms with van der Waals surface area (Å²) in [5.41, 5.74) is 3.34. The van der Waals surface area contributed by atoms with Crippen LogP contribution in [0.25, 0.3) is 0 Å². The standard InChI is InChI=1S/C21H24ClNO3/c1-23-10-6-9-17-20(23)14-11-18(24-2)19(25-3)12-15(14)21(26-17)13-7-4-5-8-16(13)22/h4-5,7-8,11-12,17,20-21H,6,9-10H2,1-3H3/t17-,20-,21?/m0/s1. The molecule has 0 bridgehead atoms. The highest BCUT2D eigenvalue weighted by molar-refractivity contribution is 6.31. The van der Waals surface area contributed by atoms with E-state index < -0.39 is 0 Å². The summed E-state index contributed by atoms with van der Waals surface area (Å²) in [6, 6.07) is 12.3. The fourth-order valence-electron chi connectivity index (χ4n) is 4.27. The van der Waals surface area contributed by atoms with Gasteiger partial charge in [0.15, 0.2) is 11.5 Å². The van der Waals surface area contributed by atoms with E-state index in [0.717, 1.165) is 41.3 Å². The van der Waals surface area contributed by atoms with Crippen molar-refractivity contribution < 1.29 is 14.2 Å². The normalized spacial score (nSPS) is 25.3. The SMILES string of the molecule is COc1cc2c(cc1OC)[C@H]1[C@H](CCCN1C)OC2c1ccccc1Cl. The second kappa shape index (κ2) is 7.10. The number of halogens is 1.